The van der Waals surface area contributed by atoms with Gasteiger partial charge in [0.25, 0.3) is 0 Å². The first-order valence-electron chi connectivity index (χ1n) is 10.8. The van der Waals surface area contributed by atoms with E-state index < -0.39 is 14.6 Å². The van der Waals surface area contributed by atoms with Gasteiger partial charge in [-0.3, -0.25) is 4.98 Å². The van der Waals surface area contributed by atoms with Gasteiger partial charge in [-0.1, -0.05) is 60.7 Å². The molecule has 0 spiro atoms. The summed E-state index contributed by atoms with van der Waals surface area (Å²) in [6.07, 6.45) is 6.66. The number of sulfone groups is 1. The third-order valence-corrected chi connectivity index (χ3v) is 8.26. The normalized spacial score (nSPS) is 12.5. The fourth-order valence-corrected chi connectivity index (χ4v) is 4.46. The molecule has 33 heavy (non-hydrogen) atoms. The van der Waals surface area contributed by atoms with Crippen molar-refractivity contribution in [1.29, 1.82) is 0 Å². The Kier molecular flexibility index (Phi) is 6.19. The van der Waals surface area contributed by atoms with Crippen LogP contribution in [0.5, 0.6) is 0 Å². The second-order valence-electron chi connectivity index (χ2n) is 8.63. The maximum atomic E-state index is 12.6. The van der Waals surface area contributed by atoms with E-state index in [4.69, 9.17) is 0 Å². The molecule has 5 heteroatoms. The van der Waals surface area contributed by atoms with Crippen LogP contribution in [0.25, 0.3) is 39.2 Å². The Morgan fingerprint density at radius 1 is 0.909 bits per heavy atom. The Balaban J connectivity index is 1.94. The lowest BCUT2D eigenvalue weighted by atomic mass is 9.91. The highest BCUT2D eigenvalue weighted by Gasteiger charge is 2.33. The molecule has 0 amide bonds. The number of benzene rings is 3. The van der Waals surface area contributed by atoms with Crippen LogP contribution >= 0.6 is 0 Å². The van der Waals surface area contributed by atoms with E-state index in [1.807, 2.05) is 60.7 Å². The second-order valence-corrected chi connectivity index (χ2v) is 11.2. The largest absolute Gasteiger partial charge is 0.392 e. The molecule has 1 N–H and O–H groups in total. The number of fused-ring (bicyclic) bond motifs is 1. The topological polar surface area (TPSA) is 67.3 Å². The van der Waals surface area contributed by atoms with Crippen LogP contribution in [0.2, 0.25) is 0 Å². The maximum absolute atomic E-state index is 12.6. The number of aromatic nitrogens is 1. The van der Waals surface area contributed by atoms with Gasteiger partial charge in [-0.15, -0.1) is 0 Å². The van der Waals surface area contributed by atoms with Crippen molar-refractivity contribution < 1.29 is 13.5 Å². The van der Waals surface area contributed by atoms with Crippen LogP contribution in [0.15, 0.2) is 85.1 Å². The molecule has 0 atom stereocenters. The number of hydrogen-bond acceptors (Lipinski definition) is 4. The molecule has 1 heterocycles. The van der Waals surface area contributed by atoms with Gasteiger partial charge >= 0.3 is 0 Å². The van der Waals surface area contributed by atoms with Crippen molar-refractivity contribution in [3.63, 3.8) is 0 Å². The van der Waals surface area contributed by atoms with Gasteiger partial charge < -0.3 is 5.11 Å². The zero-order chi connectivity index (χ0) is 23.6. The van der Waals surface area contributed by atoms with E-state index >= 15 is 0 Å². The van der Waals surface area contributed by atoms with Crippen LogP contribution in [-0.2, 0) is 14.6 Å². The first-order chi connectivity index (χ1) is 15.7. The zero-order valence-electron chi connectivity index (χ0n) is 19.0. The monoisotopic (exact) mass is 457 g/mol. The van der Waals surface area contributed by atoms with Crippen molar-refractivity contribution in [3.8, 4) is 22.3 Å². The highest BCUT2D eigenvalue weighted by atomic mass is 32.2. The van der Waals surface area contributed by atoms with Crippen molar-refractivity contribution in [3.05, 3.63) is 96.2 Å². The molecule has 4 rings (SSSR count). The van der Waals surface area contributed by atoms with Gasteiger partial charge in [0, 0.05) is 23.4 Å². The molecule has 0 radical (unpaired) electrons. The zero-order valence-corrected chi connectivity index (χ0v) is 19.8. The maximum Gasteiger partial charge on any atom is 0.156 e. The molecule has 168 valence electrons. The van der Waals surface area contributed by atoms with Crippen LogP contribution in [0.1, 0.15) is 25.0 Å². The van der Waals surface area contributed by atoms with Crippen LogP contribution < -0.4 is 0 Å². The molecule has 0 aliphatic heterocycles. The minimum absolute atomic E-state index is 0.0189. The molecule has 1 aromatic heterocycles. The molecule has 0 saturated carbocycles. The predicted molar refractivity (Wildman–Crippen MR) is 137 cm³/mol. The summed E-state index contributed by atoms with van der Waals surface area (Å²) >= 11 is 0. The number of aliphatic hydroxyl groups is 1. The molecule has 4 aromatic rings. The first kappa shape index (κ1) is 22.9. The highest BCUT2D eigenvalue weighted by molar-refractivity contribution is 7.91. The number of pyridine rings is 1. The Hall–Kier alpha value is -3.28. The van der Waals surface area contributed by atoms with Crippen molar-refractivity contribution >= 4 is 26.8 Å². The van der Waals surface area contributed by atoms with E-state index in [-0.39, 0.29) is 6.61 Å². The average molecular weight is 458 g/mol. The number of hydrogen-bond donors (Lipinski definition) is 1. The third-order valence-electron chi connectivity index (χ3n) is 6.18. The van der Waals surface area contributed by atoms with E-state index in [9.17, 15) is 13.5 Å². The van der Waals surface area contributed by atoms with Crippen LogP contribution in [0.4, 0.5) is 0 Å². The number of rotatable bonds is 6. The molecule has 0 fully saturated rings. The van der Waals surface area contributed by atoms with Crippen molar-refractivity contribution in [2.24, 2.45) is 0 Å². The molecule has 0 aliphatic rings. The highest BCUT2D eigenvalue weighted by Crippen LogP contribution is 2.37. The van der Waals surface area contributed by atoms with Gasteiger partial charge in [0.15, 0.2) is 9.84 Å². The molecule has 0 aliphatic carbocycles. The van der Waals surface area contributed by atoms with Crippen molar-refractivity contribution in [2.75, 3.05) is 12.9 Å². The summed E-state index contributed by atoms with van der Waals surface area (Å²) in [7, 11) is -3.34. The Morgan fingerprint density at radius 3 is 2.36 bits per heavy atom. The molecule has 0 saturated heterocycles. The quantitative estimate of drug-likeness (QED) is 0.394. The fourth-order valence-electron chi connectivity index (χ4n) is 3.91. The SMILES string of the molecule is CC(C)(c1cc(-c2cccc(-c3ccccc3/C=C/CO)c2)c2ncccc2c1)S(C)(=O)=O. The van der Waals surface area contributed by atoms with E-state index in [2.05, 4.69) is 23.2 Å². The number of nitrogens with zero attached hydrogens (tertiary/aromatic N) is 1. The Morgan fingerprint density at radius 2 is 1.64 bits per heavy atom. The lowest BCUT2D eigenvalue weighted by Gasteiger charge is -2.24. The molecule has 3 aromatic carbocycles. The van der Waals surface area contributed by atoms with Crippen LogP contribution in [-0.4, -0.2) is 31.4 Å². The van der Waals surface area contributed by atoms with E-state index in [1.165, 1.54) is 6.26 Å². The standard InChI is InChI=1S/C28H27NO3S/c1-28(2,33(3,31)32)24-18-23-12-7-15-29-27(23)26(19-24)22-11-6-10-21(17-22)25-14-5-4-9-20(25)13-8-16-30/h4-15,17-19,30H,16H2,1-3H3/b13-8+. The van der Waals surface area contributed by atoms with Gasteiger partial charge in [-0.25, -0.2) is 8.42 Å². The number of aliphatic hydroxyl groups excluding tert-OH is 1. The molecule has 0 unspecified atom stereocenters. The lowest BCUT2D eigenvalue weighted by Crippen LogP contribution is -2.28. The average Bonchev–Trinajstić information content (AvgIpc) is 2.81. The molecular formula is C28H27NO3S. The molecule has 4 nitrogen and oxygen atoms in total. The van der Waals surface area contributed by atoms with Crippen molar-refractivity contribution in [2.45, 2.75) is 18.6 Å². The summed E-state index contributed by atoms with van der Waals surface area (Å²) in [4.78, 5) is 4.61. The van der Waals surface area contributed by atoms with Gasteiger partial charge in [0.1, 0.15) is 0 Å². The summed E-state index contributed by atoms with van der Waals surface area (Å²) < 4.78 is 24.1. The molecular weight excluding hydrogens is 430 g/mol. The minimum Gasteiger partial charge on any atom is -0.392 e. The van der Waals surface area contributed by atoms with Gasteiger partial charge in [0.05, 0.1) is 16.9 Å². The summed E-state index contributed by atoms with van der Waals surface area (Å²) in [5, 5.41) is 10.1. The second kappa shape index (κ2) is 8.93. The van der Waals surface area contributed by atoms with E-state index in [0.29, 0.717) is 0 Å². The van der Waals surface area contributed by atoms with Gasteiger partial charge in [-0.2, -0.15) is 0 Å². The first-order valence-corrected chi connectivity index (χ1v) is 12.7. The summed E-state index contributed by atoms with van der Waals surface area (Å²) in [5.74, 6) is 0. The summed E-state index contributed by atoms with van der Waals surface area (Å²) in [6, 6.07) is 23.9. The summed E-state index contributed by atoms with van der Waals surface area (Å²) in [5.41, 5.74) is 6.51. The minimum atomic E-state index is -3.34. The Bertz CT molecular complexity index is 1450. The summed E-state index contributed by atoms with van der Waals surface area (Å²) in [6.45, 7) is 3.46. The lowest BCUT2D eigenvalue weighted by molar-refractivity contribution is 0.343. The fraction of sp³-hybridized carbons (Fsp3) is 0.179. The van der Waals surface area contributed by atoms with E-state index in [1.54, 1.807) is 26.1 Å². The predicted octanol–water partition coefficient (Wildman–Crippen LogP) is 5.85. The van der Waals surface area contributed by atoms with Gasteiger partial charge in [-0.05, 0) is 65.9 Å². The van der Waals surface area contributed by atoms with Crippen molar-refractivity contribution in [1.82, 2.24) is 4.98 Å². The van der Waals surface area contributed by atoms with Crippen LogP contribution in [0, 0.1) is 0 Å². The van der Waals surface area contributed by atoms with Crippen LogP contribution in [0.3, 0.4) is 0 Å². The Labute approximate surface area is 195 Å². The third kappa shape index (κ3) is 4.47. The van der Waals surface area contributed by atoms with E-state index in [0.717, 1.165) is 44.3 Å². The van der Waals surface area contributed by atoms with Gasteiger partial charge in [0.2, 0.25) is 0 Å². The molecule has 0 bridgehead atoms. The smallest absolute Gasteiger partial charge is 0.156 e.